The van der Waals surface area contributed by atoms with E-state index in [0.717, 1.165) is 25.7 Å². The molecule has 1 aliphatic carbocycles. The molecular formula is C18H19FN4O2. The Morgan fingerprint density at radius 1 is 1.24 bits per heavy atom. The summed E-state index contributed by atoms with van der Waals surface area (Å²) in [6, 6.07) is 1.51. The van der Waals surface area contributed by atoms with E-state index in [2.05, 4.69) is 4.98 Å². The Labute approximate surface area is 142 Å². The lowest BCUT2D eigenvalue weighted by Crippen LogP contribution is -2.33. The molecule has 25 heavy (non-hydrogen) atoms. The number of fused-ring (bicyclic) bond motifs is 5. The number of hydrogen-bond donors (Lipinski definition) is 2. The molecule has 3 aliphatic rings. The monoisotopic (exact) mass is 342 g/mol. The van der Waals surface area contributed by atoms with Crippen LogP contribution in [0, 0.1) is 5.82 Å². The SMILES string of the molecule is N[C@H]1CC2CC=Cc3c(c(F)cc4c(=O)[nH]c(=O)n(C5CC5)c34)N2C1. The van der Waals surface area contributed by atoms with Crippen molar-refractivity contribution in [3.8, 4) is 0 Å². The van der Waals surface area contributed by atoms with Gasteiger partial charge in [-0.3, -0.25) is 14.3 Å². The first-order valence-electron chi connectivity index (χ1n) is 8.74. The van der Waals surface area contributed by atoms with E-state index in [1.165, 1.54) is 6.07 Å². The maximum absolute atomic E-state index is 15.0. The van der Waals surface area contributed by atoms with Crippen molar-refractivity contribution in [1.29, 1.82) is 0 Å². The number of halogens is 1. The Bertz CT molecular complexity index is 1030. The van der Waals surface area contributed by atoms with Crippen LogP contribution in [-0.4, -0.2) is 28.2 Å². The van der Waals surface area contributed by atoms with E-state index < -0.39 is 17.1 Å². The zero-order chi connectivity index (χ0) is 17.3. The minimum atomic E-state index is -0.536. The highest BCUT2D eigenvalue weighted by atomic mass is 19.1. The molecule has 130 valence electrons. The quantitative estimate of drug-likeness (QED) is 0.822. The molecule has 6 nitrogen and oxygen atoms in total. The first-order chi connectivity index (χ1) is 12.0. The number of hydrogen-bond acceptors (Lipinski definition) is 4. The van der Waals surface area contributed by atoms with Crippen LogP contribution in [0.2, 0.25) is 0 Å². The van der Waals surface area contributed by atoms with E-state index in [9.17, 15) is 9.59 Å². The largest absolute Gasteiger partial charge is 0.364 e. The number of H-pyrrole nitrogens is 1. The van der Waals surface area contributed by atoms with E-state index in [-0.39, 0.29) is 23.5 Å². The third kappa shape index (κ3) is 2.12. The predicted octanol–water partition coefficient (Wildman–Crippen LogP) is 1.49. The third-order valence-corrected chi connectivity index (χ3v) is 5.53. The Kier molecular flexibility index (Phi) is 3.01. The van der Waals surface area contributed by atoms with Gasteiger partial charge < -0.3 is 10.6 Å². The van der Waals surface area contributed by atoms with Gasteiger partial charge in [0, 0.05) is 30.2 Å². The standard InChI is InChI=1S/C18H19FN4O2/c19-14-7-13-15(23(10-4-5-10)18(25)21-17(13)24)12-3-1-2-11-6-9(20)8-22(11)16(12)14/h1,3,7,9-11H,2,4-6,8,20H2,(H,21,24,25)/t9-,11?/m0/s1. The van der Waals surface area contributed by atoms with Gasteiger partial charge in [0.15, 0.2) is 0 Å². The normalized spacial score (nSPS) is 25.1. The maximum Gasteiger partial charge on any atom is 0.329 e. The first-order valence-corrected chi connectivity index (χ1v) is 8.74. The van der Waals surface area contributed by atoms with Crippen LogP contribution in [0.4, 0.5) is 10.1 Å². The number of nitrogens with one attached hydrogen (secondary N) is 1. The summed E-state index contributed by atoms with van der Waals surface area (Å²) in [6.07, 6.45) is 7.25. The second-order valence-electron chi connectivity index (χ2n) is 7.32. The zero-order valence-corrected chi connectivity index (χ0v) is 13.7. The number of aromatic nitrogens is 2. The van der Waals surface area contributed by atoms with Gasteiger partial charge in [0.25, 0.3) is 5.56 Å². The van der Waals surface area contributed by atoms with E-state index in [1.54, 1.807) is 4.57 Å². The molecule has 2 fully saturated rings. The lowest BCUT2D eigenvalue weighted by atomic mass is 10.1. The van der Waals surface area contributed by atoms with Crippen LogP contribution in [-0.2, 0) is 0 Å². The zero-order valence-electron chi connectivity index (χ0n) is 13.7. The molecule has 0 bridgehead atoms. The molecule has 3 heterocycles. The Morgan fingerprint density at radius 2 is 2.04 bits per heavy atom. The molecule has 2 aliphatic heterocycles. The van der Waals surface area contributed by atoms with Gasteiger partial charge in [-0.2, -0.15) is 0 Å². The Hall–Kier alpha value is -2.41. The number of nitrogens with two attached hydrogens (primary N) is 1. The topological polar surface area (TPSA) is 84.1 Å². The van der Waals surface area contributed by atoms with Crippen molar-refractivity contribution < 1.29 is 4.39 Å². The molecule has 3 N–H and O–H groups in total. The van der Waals surface area contributed by atoms with Gasteiger partial charge in [-0.1, -0.05) is 12.2 Å². The van der Waals surface area contributed by atoms with Gasteiger partial charge in [-0.15, -0.1) is 0 Å². The van der Waals surface area contributed by atoms with Crippen molar-refractivity contribution in [2.24, 2.45) is 5.73 Å². The van der Waals surface area contributed by atoms with Crippen LogP contribution in [0.15, 0.2) is 21.7 Å². The highest BCUT2D eigenvalue weighted by molar-refractivity contribution is 5.94. The van der Waals surface area contributed by atoms with Crippen molar-refractivity contribution in [3.05, 3.63) is 44.4 Å². The van der Waals surface area contributed by atoms with Gasteiger partial charge in [0.05, 0.1) is 16.6 Å². The smallest absolute Gasteiger partial charge is 0.329 e. The number of rotatable bonds is 1. The summed E-state index contributed by atoms with van der Waals surface area (Å²) < 4.78 is 16.7. The summed E-state index contributed by atoms with van der Waals surface area (Å²) in [5.74, 6) is -0.431. The Balaban J connectivity index is 1.91. The highest BCUT2D eigenvalue weighted by Crippen LogP contribution is 2.42. The molecule has 0 amide bonds. The fourth-order valence-electron chi connectivity index (χ4n) is 4.33. The third-order valence-electron chi connectivity index (χ3n) is 5.53. The van der Waals surface area contributed by atoms with E-state index >= 15 is 4.39 Å². The van der Waals surface area contributed by atoms with E-state index in [4.69, 9.17) is 5.73 Å². The summed E-state index contributed by atoms with van der Waals surface area (Å²) >= 11 is 0. The van der Waals surface area contributed by atoms with Gasteiger partial charge in [-0.05, 0) is 31.7 Å². The summed E-state index contributed by atoms with van der Waals surface area (Å²) in [7, 11) is 0. The van der Waals surface area contributed by atoms with Gasteiger partial charge in [0.1, 0.15) is 5.82 Å². The second-order valence-corrected chi connectivity index (χ2v) is 7.32. The molecule has 1 aromatic carbocycles. The molecule has 1 aromatic heterocycles. The van der Waals surface area contributed by atoms with Crippen LogP contribution < -0.4 is 21.9 Å². The first kappa shape index (κ1) is 14.9. The minimum absolute atomic E-state index is 0.00393. The lowest BCUT2D eigenvalue weighted by Gasteiger charge is -2.27. The molecule has 0 spiro atoms. The number of anilines is 1. The van der Waals surface area contributed by atoms with Crippen molar-refractivity contribution in [3.63, 3.8) is 0 Å². The molecular weight excluding hydrogens is 323 g/mol. The highest BCUT2D eigenvalue weighted by Gasteiger charge is 2.36. The minimum Gasteiger partial charge on any atom is -0.364 e. The maximum atomic E-state index is 15.0. The average Bonchev–Trinajstić information content (AvgIpc) is 3.34. The van der Waals surface area contributed by atoms with Crippen LogP contribution in [0.1, 0.15) is 37.3 Å². The molecule has 1 saturated heterocycles. The van der Waals surface area contributed by atoms with Crippen molar-refractivity contribution in [2.45, 2.75) is 43.8 Å². The van der Waals surface area contributed by atoms with E-state index in [1.807, 2.05) is 17.1 Å². The second kappa shape index (κ2) is 5.05. The van der Waals surface area contributed by atoms with Crippen LogP contribution >= 0.6 is 0 Å². The summed E-state index contributed by atoms with van der Waals surface area (Å²) in [5.41, 5.74) is 6.80. The predicted molar refractivity (Wildman–Crippen MR) is 94.4 cm³/mol. The van der Waals surface area contributed by atoms with Crippen molar-refractivity contribution >= 4 is 22.7 Å². The summed E-state index contributed by atoms with van der Waals surface area (Å²) in [4.78, 5) is 29.1. The number of benzene rings is 1. The van der Waals surface area contributed by atoms with Crippen molar-refractivity contribution in [2.75, 3.05) is 11.4 Å². The number of nitrogens with zero attached hydrogens (tertiary/aromatic N) is 2. The molecule has 5 rings (SSSR count). The molecule has 1 unspecified atom stereocenters. The Morgan fingerprint density at radius 3 is 2.80 bits per heavy atom. The average molecular weight is 342 g/mol. The lowest BCUT2D eigenvalue weighted by molar-refractivity contribution is 0.606. The van der Waals surface area contributed by atoms with Gasteiger partial charge in [0.2, 0.25) is 0 Å². The fraction of sp³-hybridized carbons (Fsp3) is 0.444. The van der Waals surface area contributed by atoms with Gasteiger partial charge >= 0.3 is 5.69 Å². The number of aromatic amines is 1. The molecule has 2 atom stereocenters. The fourth-order valence-corrected chi connectivity index (χ4v) is 4.33. The molecule has 2 aromatic rings. The van der Waals surface area contributed by atoms with Crippen molar-refractivity contribution in [1.82, 2.24) is 9.55 Å². The van der Waals surface area contributed by atoms with Crippen LogP contribution in [0.5, 0.6) is 0 Å². The van der Waals surface area contributed by atoms with Crippen LogP contribution in [0.3, 0.4) is 0 Å². The molecule has 7 heteroatoms. The molecule has 0 radical (unpaired) electrons. The van der Waals surface area contributed by atoms with Gasteiger partial charge in [-0.25, -0.2) is 9.18 Å². The van der Waals surface area contributed by atoms with Crippen LogP contribution in [0.25, 0.3) is 17.0 Å². The van der Waals surface area contributed by atoms with E-state index in [0.29, 0.717) is 23.3 Å². The molecule has 1 saturated carbocycles. The summed E-state index contributed by atoms with van der Waals surface area (Å²) in [5, 5.41) is 0.231. The summed E-state index contributed by atoms with van der Waals surface area (Å²) in [6.45, 7) is 0.582.